The lowest BCUT2D eigenvalue weighted by Gasteiger charge is -1.96. The fourth-order valence-electron chi connectivity index (χ4n) is 1.56. The van der Waals surface area contributed by atoms with Crippen molar-refractivity contribution in [3.05, 3.63) is 24.3 Å². The summed E-state index contributed by atoms with van der Waals surface area (Å²) in [4.78, 5) is 0. The Labute approximate surface area is 107 Å². The molecule has 0 bridgehead atoms. The van der Waals surface area contributed by atoms with Crippen LogP contribution < -0.4 is 0 Å². The largest absolute Gasteiger partial charge is 0.127 e. The Bertz CT molecular complexity index is 170. The predicted molar refractivity (Wildman–Crippen MR) is 76.2 cm³/mol. The van der Waals surface area contributed by atoms with E-state index in [9.17, 15) is 0 Å². The summed E-state index contributed by atoms with van der Waals surface area (Å²) in [5, 5.41) is 0. The lowest BCUT2D eigenvalue weighted by atomic mass is 10.1. The number of hydrogen-bond acceptors (Lipinski definition) is 0. The Morgan fingerprint density at radius 1 is 0.750 bits per heavy atom. The third-order valence-corrected chi connectivity index (χ3v) is 2.88. The van der Waals surface area contributed by atoms with Gasteiger partial charge in [0.1, 0.15) is 0 Å². The Balaban J connectivity index is 3.12. The Morgan fingerprint density at radius 2 is 1.31 bits per heavy atom. The van der Waals surface area contributed by atoms with Gasteiger partial charge in [0.25, 0.3) is 0 Å². The number of unbranched alkanes of at least 4 members (excludes halogenated alkanes) is 7. The summed E-state index contributed by atoms with van der Waals surface area (Å²) in [6.45, 7) is 2.23. The Morgan fingerprint density at radius 3 is 1.94 bits per heavy atom. The van der Waals surface area contributed by atoms with Crippen LogP contribution in [0.1, 0.15) is 64.7 Å². The van der Waals surface area contributed by atoms with Gasteiger partial charge in [0.05, 0.1) is 0 Å². The molecule has 0 aromatic heterocycles. The molecule has 0 saturated heterocycles. The standard InChI is InChI=1S/C15H27Cl/c1-2-3-4-5-6-7-8-9-10-11-12-13-14-15-16/h5-8H,2-4,9-15H2,1H3. The van der Waals surface area contributed by atoms with Crippen molar-refractivity contribution in [3.63, 3.8) is 0 Å². The molecule has 0 heterocycles. The van der Waals surface area contributed by atoms with Gasteiger partial charge in [-0.15, -0.1) is 11.6 Å². The van der Waals surface area contributed by atoms with Crippen molar-refractivity contribution < 1.29 is 0 Å². The third-order valence-electron chi connectivity index (χ3n) is 2.61. The topological polar surface area (TPSA) is 0 Å². The monoisotopic (exact) mass is 242 g/mol. The summed E-state index contributed by atoms with van der Waals surface area (Å²) in [5.41, 5.74) is 0. The zero-order valence-corrected chi connectivity index (χ0v) is 11.5. The predicted octanol–water partition coefficient (Wildman–Crippen LogP) is 5.87. The molecule has 0 saturated carbocycles. The maximum Gasteiger partial charge on any atom is 0.0223 e. The van der Waals surface area contributed by atoms with Gasteiger partial charge in [-0.25, -0.2) is 0 Å². The van der Waals surface area contributed by atoms with Crippen molar-refractivity contribution in [3.8, 4) is 0 Å². The molecule has 0 nitrogen and oxygen atoms in total. The van der Waals surface area contributed by atoms with Crippen molar-refractivity contribution in [1.29, 1.82) is 0 Å². The number of allylic oxidation sites excluding steroid dienone is 4. The SMILES string of the molecule is CCCCC=CC=CCCCCCCCCl. The summed E-state index contributed by atoms with van der Waals surface area (Å²) < 4.78 is 0. The highest BCUT2D eigenvalue weighted by molar-refractivity contribution is 6.17. The second-order valence-corrected chi connectivity index (χ2v) is 4.62. The van der Waals surface area contributed by atoms with Gasteiger partial charge in [0.15, 0.2) is 0 Å². The van der Waals surface area contributed by atoms with Crippen molar-refractivity contribution in [1.82, 2.24) is 0 Å². The molecule has 0 aliphatic carbocycles. The first-order valence-corrected chi connectivity index (χ1v) is 7.33. The average Bonchev–Trinajstić information content (AvgIpc) is 2.31. The molecule has 0 spiro atoms. The van der Waals surface area contributed by atoms with Gasteiger partial charge in [-0.3, -0.25) is 0 Å². The van der Waals surface area contributed by atoms with Gasteiger partial charge >= 0.3 is 0 Å². The van der Waals surface area contributed by atoms with Crippen LogP contribution in [0.2, 0.25) is 0 Å². The number of rotatable bonds is 11. The first-order chi connectivity index (χ1) is 7.91. The lowest BCUT2D eigenvalue weighted by molar-refractivity contribution is 0.639. The second-order valence-electron chi connectivity index (χ2n) is 4.24. The summed E-state index contributed by atoms with van der Waals surface area (Å²) in [5.74, 6) is 0.822. The quantitative estimate of drug-likeness (QED) is 0.242. The van der Waals surface area contributed by atoms with E-state index in [1.807, 2.05) is 0 Å². The first kappa shape index (κ1) is 15.8. The molecular weight excluding hydrogens is 216 g/mol. The van der Waals surface area contributed by atoms with Crippen molar-refractivity contribution >= 4 is 11.6 Å². The highest BCUT2D eigenvalue weighted by atomic mass is 35.5. The van der Waals surface area contributed by atoms with Crippen LogP contribution in [-0.4, -0.2) is 5.88 Å². The van der Waals surface area contributed by atoms with E-state index in [2.05, 4.69) is 31.2 Å². The average molecular weight is 243 g/mol. The van der Waals surface area contributed by atoms with Crippen LogP contribution >= 0.6 is 11.6 Å². The van der Waals surface area contributed by atoms with Gasteiger partial charge in [0.2, 0.25) is 0 Å². The molecule has 1 heteroatoms. The summed E-state index contributed by atoms with van der Waals surface area (Å²) in [7, 11) is 0. The van der Waals surface area contributed by atoms with E-state index in [-0.39, 0.29) is 0 Å². The van der Waals surface area contributed by atoms with Gasteiger partial charge in [-0.05, 0) is 25.7 Å². The van der Waals surface area contributed by atoms with Crippen molar-refractivity contribution in [2.75, 3.05) is 5.88 Å². The van der Waals surface area contributed by atoms with Crippen LogP contribution in [0.25, 0.3) is 0 Å². The Hall–Kier alpha value is -0.230. The van der Waals surface area contributed by atoms with Crippen LogP contribution in [0, 0.1) is 0 Å². The van der Waals surface area contributed by atoms with E-state index >= 15 is 0 Å². The normalized spacial score (nSPS) is 11.9. The minimum Gasteiger partial charge on any atom is -0.127 e. The van der Waals surface area contributed by atoms with E-state index in [1.165, 1.54) is 57.8 Å². The van der Waals surface area contributed by atoms with Crippen LogP contribution in [0.4, 0.5) is 0 Å². The number of halogens is 1. The Kier molecular flexibility index (Phi) is 14.6. The molecule has 0 amide bonds. The third kappa shape index (κ3) is 13.8. The fraction of sp³-hybridized carbons (Fsp3) is 0.733. The van der Waals surface area contributed by atoms with Gasteiger partial charge in [0, 0.05) is 5.88 Å². The van der Waals surface area contributed by atoms with Crippen molar-refractivity contribution in [2.24, 2.45) is 0 Å². The summed E-state index contributed by atoms with van der Waals surface area (Å²) in [6, 6.07) is 0. The van der Waals surface area contributed by atoms with Crippen LogP contribution in [-0.2, 0) is 0 Å². The van der Waals surface area contributed by atoms with Crippen molar-refractivity contribution in [2.45, 2.75) is 64.7 Å². The minimum absolute atomic E-state index is 0.822. The zero-order chi connectivity index (χ0) is 11.9. The molecule has 0 aromatic carbocycles. The number of alkyl halides is 1. The molecule has 0 rings (SSSR count). The van der Waals surface area contributed by atoms with Crippen LogP contribution in [0.3, 0.4) is 0 Å². The molecular formula is C15H27Cl. The maximum atomic E-state index is 5.62. The molecule has 0 atom stereocenters. The van der Waals surface area contributed by atoms with E-state index < -0.39 is 0 Å². The smallest absolute Gasteiger partial charge is 0.0223 e. The van der Waals surface area contributed by atoms with Crippen LogP contribution in [0.5, 0.6) is 0 Å². The minimum atomic E-state index is 0.822. The van der Waals surface area contributed by atoms with Gasteiger partial charge in [-0.1, -0.05) is 63.3 Å². The van der Waals surface area contributed by atoms with Crippen LogP contribution in [0.15, 0.2) is 24.3 Å². The second kappa shape index (κ2) is 14.8. The molecule has 94 valence electrons. The highest BCUT2D eigenvalue weighted by Gasteiger charge is 1.87. The summed E-state index contributed by atoms with van der Waals surface area (Å²) >= 11 is 5.62. The molecule has 0 radical (unpaired) electrons. The molecule has 0 aliphatic rings. The highest BCUT2D eigenvalue weighted by Crippen LogP contribution is 2.06. The number of hydrogen-bond donors (Lipinski definition) is 0. The van der Waals surface area contributed by atoms with E-state index in [1.54, 1.807) is 0 Å². The van der Waals surface area contributed by atoms with Gasteiger partial charge in [-0.2, -0.15) is 0 Å². The lowest BCUT2D eigenvalue weighted by Crippen LogP contribution is -1.79. The van der Waals surface area contributed by atoms with Gasteiger partial charge < -0.3 is 0 Å². The van der Waals surface area contributed by atoms with E-state index in [4.69, 9.17) is 11.6 Å². The fourth-order valence-corrected chi connectivity index (χ4v) is 1.75. The molecule has 0 N–H and O–H groups in total. The zero-order valence-electron chi connectivity index (χ0n) is 10.8. The molecule has 0 aromatic rings. The molecule has 0 aliphatic heterocycles. The first-order valence-electron chi connectivity index (χ1n) is 6.79. The van der Waals surface area contributed by atoms with E-state index in [0.29, 0.717) is 0 Å². The maximum absolute atomic E-state index is 5.62. The van der Waals surface area contributed by atoms with E-state index in [0.717, 1.165) is 5.88 Å². The summed E-state index contributed by atoms with van der Waals surface area (Å²) in [6.07, 6.45) is 20.4. The molecule has 0 fully saturated rings. The molecule has 0 unspecified atom stereocenters. The molecule has 16 heavy (non-hydrogen) atoms.